The molecule has 0 fully saturated rings. The minimum Gasteiger partial charge on any atom is -0.495 e. The highest BCUT2D eigenvalue weighted by Gasteiger charge is 2.11. The van der Waals surface area contributed by atoms with Gasteiger partial charge in [-0.2, -0.15) is 0 Å². The van der Waals surface area contributed by atoms with E-state index in [9.17, 15) is 4.79 Å². The predicted octanol–water partition coefficient (Wildman–Crippen LogP) is 1.04. The molecule has 0 aromatic heterocycles. The van der Waals surface area contributed by atoms with Crippen LogP contribution in [0.3, 0.4) is 0 Å². The molecule has 0 bridgehead atoms. The molecule has 0 aliphatic carbocycles. The Morgan fingerprint density at radius 3 is 2.67 bits per heavy atom. The van der Waals surface area contributed by atoms with E-state index < -0.39 is 6.04 Å². The van der Waals surface area contributed by atoms with Gasteiger partial charge in [0, 0.05) is 6.54 Å². The summed E-state index contributed by atoms with van der Waals surface area (Å²) in [6, 6.07) is 5.17. The summed E-state index contributed by atoms with van der Waals surface area (Å²) in [6.45, 7) is 2.44. The summed E-state index contributed by atoms with van der Waals surface area (Å²) in [7, 11) is 5.55. The van der Waals surface area contributed by atoms with Crippen molar-refractivity contribution in [2.75, 3.05) is 26.5 Å². The van der Waals surface area contributed by atoms with Gasteiger partial charge in [0.25, 0.3) is 0 Å². The van der Waals surface area contributed by atoms with Gasteiger partial charge in [-0.25, -0.2) is 0 Å². The van der Waals surface area contributed by atoms with E-state index in [-0.39, 0.29) is 5.91 Å². The molecule has 0 saturated heterocycles. The number of nitrogens with two attached hydrogens (primary N) is 1. The van der Waals surface area contributed by atoms with Gasteiger partial charge in [-0.05, 0) is 38.7 Å². The third kappa shape index (κ3) is 4.01. The zero-order chi connectivity index (χ0) is 13.7. The van der Waals surface area contributed by atoms with Crippen LogP contribution >= 0.6 is 0 Å². The van der Waals surface area contributed by atoms with Gasteiger partial charge >= 0.3 is 0 Å². The summed E-state index contributed by atoms with van der Waals surface area (Å²) in [5.41, 5.74) is 7.28. The Morgan fingerprint density at radius 1 is 1.50 bits per heavy atom. The summed E-state index contributed by atoms with van der Waals surface area (Å²) < 4.78 is 5.22. The average Bonchev–Trinajstić information content (AvgIpc) is 2.28. The van der Waals surface area contributed by atoms with Crippen LogP contribution in [0.4, 0.5) is 5.69 Å². The number of carbonyl (C=O) groups is 1. The highest BCUT2D eigenvalue weighted by atomic mass is 16.5. The molecule has 0 unspecified atom stereocenters. The fraction of sp³-hybridized carbons (Fsp3) is 0.462. The average molecular weight is 251 g/mol. The Bertz CT molecular complexity index is 417. The summed E-state index contributed by atoms with van der Waals surface area (Å²) in [4.78, 5) is 13.7. The molecule has 100 valence electrons. The highest BCUT2D eigenvalue weighted by Crippen LogP contribution is 2.26. The van der Waals surface area contributed by atoms with Crippen LogP contribution in [0.1, 0.15) is 12.5 Å². The SMILES string of the molecule is COc1ccc(CN(C)C)cc1NC(=O)[C@H](C)N. The number of methoxy groups -OCH3 is 1. The number of hydrogen-bond acceptors (Lipinski definition) is 4. The third-order valence-electron chi connectivity index (χ3n) is 2.43. The molecule has 1 amide bonds. The van der Waals surface area contributed by atoms with Gasteiger partial charge in [-0.1, -0.05) is 6.07 Å². The van der Waals surface area contributed by atoms with Crippen molar-refractivity contribution in [2.45, 2.75) is 19.5 Å². The van der Waals surface area contributed by atoms with Crippen LogP contribution in [0.5, 0.6) is 5.75 Å². The summed E-state index contributed by atoms with van der Waals surface area (Å²) in [5.74, 6) is 0.404. The number of anilines is 1. The number of rotatable bonds is 5. The fourth-order valence-corrected chi connectivity index (χ4v) is 1.56. The molecule has 1 atom stereocenters. The molecule has 3 N–H and O–H groups in total. The molecule has 0 aliphatic rings. The minimum atomic E-state index is -0.549. The van der Waals surface area contributed by atoms with Gasteiger partial charge < -0.3 is 20.7 Å². The van der Waals surface area contributed by atoms with Crippen molar-refractivity contribution >= 4 is 11.6 Å². The van der Waals surface area contributed by atoms with Crippen molar-refractivity contribution in [3.63, 3.8) is 0 Å². The molecule has 0 radical (unpaired) electrons. The van der Waals surface area contributed by atoms with Crippen LogP contribution in [0.15, 0.2) is 18.2 Å². The van der Waals surface area contributed by atoms with E-state index in [2.05, 4.69) is 10.2 Å². The third-order valence-corrected chi connectivity index (χ3v) is 2.43. The lowest BCUT2D eigenvalue weighted by atomic mass is 10.1. The second kappa shape index (κ2) is 6.37. The van der Waals surface area contributed by atoms with E-state index in [1.807, 2.05) is 32.3 Å². The molecule has 1 aromatic carbocycles. The number of benzene rings is 1. The first-order chi connectivity index (χ1) is 8.43. The summed E-state index contributed by atoms with van der Waals surface area (Å²) >= 11 is 0. The maximum atomic E-state index is 11.6. The summed E-state index contributed by atoms with van der Waals surface area (Å²) in [5, 5.41) is 2.77. The normalized spacial score (nSPS) is 12.3. The second-order valence-electron chi connectivity index (χ2n) is 4.55. The molecule has 0 aliphatic heterocycles. The van der Waals surface area contributed by atoms with Gasteiger partial charge in [-0.3, -0.25) is 4.79 Å². The molecule has 5 heteroatoms. The van der Waals surface area contributed by atoms with Crippen molar-refractivity contribution in [1.82, 2.24) is 4.90 Å². The molecular formula is C13H21N3O2. The lowest BCUT2D eigenvalue weighted by molar-refractivity contribution is -0.117. The maximum Gasteiger partial charge on any atom is 0.241 e. The number of hydrogen-bond donors (Lipinski definition) is 2. The zero-order valence-corrected chi connectivity index (χ0v) is 11.4. The van der Waals surface area contributed by atoms with Crippen LogP contribution in [0, 0.1) is 0 Å². The van der Waals surface area contributed by atoms with Crippen molar-refractivity contribution in [3.05, 3.63) is 23.8 Å². The second-order valence-corrected chi connectivity index (χ2v) is 4.55. The number of carbonyl (C=O) groups excluding carboxylic acids is 1. The van der Waals surface area contributed by atoms with Crippen LogP contribution < -0.4 is 15.8 Å². The first-order valence-corrected chi connectivity index (χ1v) is 5.82. The van der Waals surface area contributed by atoms with Crippen molar-refractivity contribution in [2.24, 2.45) is 5.73 Å². The van der Waals surface area contributed by atoms with Crippen molar-refractivity contribution in [3.8, 4) is 5.75 Å². The largest absolute Gasteiger partial charge is 0.495 e. The number of amides is 1. The minimum absolute atomic E-state index is 0.227. The van der Waals surface area contributed by atoms with E-state index >= 15 is 0 Å². The van der Waals surface area contributed by atoms with Crippen LogP contribution in [-0.4, -0.2) is 38.1 Å². The first-order valence-electron chi connectivity index (χ1n) is 5.82. The van der Waals surface area contributed by atoms with Crippen molar-refractivity contribution < 1.29 is 9.53 Å². The van der Waals surface area contributed by atoms with E-state index in [1.165, 1.54) is 0 Å². The first kappa shape index (κ1) is 14.5. The van der Waals surface area contributed by atoms with E-state index in [1.54, 1.807) is 14.0 Å². The lowest BCUT2D eigenvalue weighted by Crippen LogP contribution is -2.32. The van der Waals surface area contributed by atoms with E-state index in [0.717, 1.165) is 12.1 Å². The predicted molar refractivity (Wildman–Crippen MR) is 72.7 cm³/mol. The van der Waals surface area contributed by atoms with Crippen LogP contribution in [0.2, 0.25) is 0 Å². The molecule has 18 heavy (non-hydrogen) atoms. The monoisotopic (exact) mass is 251 g/mol. The quantitative estimate of drug-likeness (QED) is 0.820. The van der Waals surface area contributed by atoms with E-state index in [0.29, 0.717) is 11.4 Å². The van der Waals surface area contributed by atoms with E-state index in [4.69, 9.17) is 10.5 Å². The number of nitrogens with one attached hydrogen (secondary N) is 1. The molecule has 1 rings (SSSR count). The van der Waals surface area contributed by atoms with Crippen LogP contribution in [-0.2, 0) is 11.3 Å². The van der Waals surface area contributed by atoms with Gasteiger partial charge in [0.2, 0.25) is 5.91 Å². The fourth-order valence-electron chi connectivity index (χ4n) is 1.56. The molecular weight excluding hydrogens is 230 g/mol. The van der Waals surface area contributed by atoms with Gasteiger partial charge in [0.15, 0.2) is 0 Å². The Balaban J connectivity index is 2.95. The maximum absolute atomic E-state index is 11.6. The topological polar surface area (TPSA) is 67.6 Å². The Labute approximate surface area is 108 Å². The molecule has 0 spiro atoms. The standard InChI is InChI=1S/C13H21N3O2/c1-9(14)13(17)15-11-7-10(8-16(2)3)5-6-12(11)18-4/h5-7,9H,8,14H2,1-4H3,(H,15,17)/t9-/m0/s1. The Kier molecular flexibility index (Phi) is 5.12. The molecule has 1 aromatic rings. The Hall–Kier alpha value is -1.59. The molecule has 5 nitrogen and oxygen atoms in total. The smallest absolute Gasteiger partial charge is 0.241 e. The van der Waals surface area contributed by atoms with Crippen LogP contribution in [0.25, 0.3) is 0 Å². The number of ether oxygens (including phenoxy) is 1. The molecule has 0 heterocycles. The highest BCUT2D eigenvalue weighted by molar-refractivity contribution is 5.95. The van der Waals surface area contributed by atoms with Gasteiger partial charge in [0.1, 0.15) is 5.75 Å². The Morgan fingerprint density at radius 2 is 2.17 bits per heavy atom. The van der Waals surface area contributed by atoms with Gasteiger partial charge in [-0.15, -0.1) is 0 Å². The van der Waals surface area contributed by atoms with Gasteiger partial charge in [0.05, 0.1) is 18.8 Å². The summed E-state index contributed by atoms with van der Waals surface area (Å²) in [6.07, 6.45) is 0. The number of nitrogens with zero attached hydrogens (tertiary/aromatic N) is 1. The lowest BCUT2D eigenvalue weighted by Gasteiger charge is -2.15. The zero-order valence-electron chi connectivity index (χ0n) is 11.4. The molecule has 0 saturated carbocycles. The van der Waals surface area contributed by atoms with Crippen molar-refractivity contribution in [1.29, 1.82) is 0 Å².